The molecule has 0 aromatic heterocycles. The summed E-state index contributed by atoms with van der Waals surface area (Å²) in [6, 6.07) is 16.2. The summed E-state index contributed by atoms with van der Waals surface area (Å²) in [7, 11) is -0.364. The van der Waals surface area contributed by atoms with Crippen LogP contribution in [0.5, 0.6) is 0 Å². The number of carboxylic acid groups (broad SMARTS) is 1. The Kier molecular flexibility index (Phi) is 6.34. The second-order valence-corrected chi connectivity index (χ2v) is 7.72. The number of aliphatic hydroxyl groups is 1. The standard InChI is InChI=1S/C20H22NO5P/c22-19(23)16-8-6-14(7-9-16)10-17-13-26-18(12-21-17)20(24,27-25)11-15-4-2-1-3-5-15/h1-9,17-18,21,24H,10-13H2,(H,22,23)/t17-,18+,20?/m1/s1. The molecule has 0 aliphatic carbocycles. The lowest BCUT2D eigenvalue weighted by Gasteiger charge is -2.37. The van der Waals surface area contributed by atoms with Crippen LogP contribution in [0.1, 0.15) is 21.5 Å². The van der Waals surface area contributed by atoms with Gasteiger partial charge in [-0.1, -0.05) is 42.5 Å². The summed E-state index contributed by atoms with van der Waals surface area (Å²) in [5.74, 6) is -0.946. The van der Waals surface area contributed by atoms with Crippen LogP contribution in [0.3, 0.4) is 0 Å². The average Bonchev–Trinajstić information content (AvgIpc) is 2.69. The van der Waals surface area contributed by atoms with E-state index in [1.807, 2.05) is 30.3 Å². The molecule has 1 fully saturated rings. The van der Waals surface area contributed by atoms with Gasteiger partial charge in [0, 0.05) is 19.0 Å². The van der Waals surface area contributed by atoms with Gasteiger partial charge in [0.25, 0.3) is 0 Å². The zero-order chi connectivity index (χ0) is 19.3. The van der Waals surface area contributed by atoms with Gasteiger partial charge in [0.2, 0.25) is 0 Å². The lowest BCUT2D eigenvalue weighted by molar-refractivity contribution is -0.0845. The van der Waals surface area contributed by atoms with Crippen molar-refractivity contribution in [2.75, 3.05) is 13.2 Å². The van der Waals surface area contributed by atoms with Crippen molar-refractivity contribution in [2.24, 2.45) is 0 Å². The van der Waals surface area contributed by atoms with Gasteiger partial charge >= 0.3 is 5.97 Å². The van der Waals surface area contributed by atoms with Crippen molar-refractivity contribution >= 4 is 14.4 Å². The minimum absolute atomic E-state index is 0.0428. The molecule has 0 radical (unpaired) electrons. The first-order valence-corrected chi connectivity index (χ1v) is 9.59. The van der Waals surface area contributed by atoms with E-state index in [9.17, 15) is 14.5 Å². The van der Waals surface area contributed by atoms with Crippen LogP contribution in [-0.2, 0) is 22.1 Å². The number of hydrogen-bond donors (Lipinski definition) is 3. The fourth-order valence-corrected chi connectivity index (χ4v) is 3.75. The van der Waals surface area contributed by atoms with Crippen LogP contribution in [0.15, 0.2) is 54.6 Å². The van der Waals surface area contributed by atoms with E-state index < -0.39 is 17.4 Å². The van der Waals surface area contributed by atoms with Gasteiger partial charge in [0.05, 0.1) is 12.2 Å². The molecule has 142 valence electrons. The van der Waals surface area contributed by atoms with E-state index in [1.54, 1.807) is 24.3 Å². The van der Waals surface area contributed by atoms with Crippen LogP contribution in [0.25, 0.3) is 0 Å². The van der Waals surface area contributed by atoms with Gasteiger partial charge in [-0.05, 0) is 29.7 Å². The largest absolute Gasteiger partial charge is 0.478 e. The predicted molar refractivity (Wildman–Crippen MR) is 101 cm³/mol. The molecule has 2 aromatic rings. The summed E-state index contributed by atoms with van der Waals surface area (Å²) in [4.78, 5) is 10.9. The summed E-state index contributed by atoms with van der Waals surface area (Å²) in [5, 5.41) is 21.6. The minimum atomic E-state index is -1.48. The second kappa shape index (κ2) is 8.72. The normalized spacial score (nSPS) is 22.3. The van der Waals surface area contributed by atoms with Gasteiger partial charge in [-0.25, -0.2) is 4.79 Å². The molecule has 1 unspecified atom stereocenters. The number of benzene rings is 2. The maximum absolute atomic E-state index is 11.7. The number of morpholine rings is 1. The molecule has 7 heteroatoms. The number of aromatic carboxylic acids is 1. The Balaban J connectivity index is 1.57. The van der Waals surface area contributed by atoms with Gasteiger partial charge in [-0.15, -0.1) is 0 Å². The fourth-order valence-electron chi connectivity index (χ4n) is 3.22. The summed E-state index contributed by atoms with van der Waals surface area (Å²) < 4.78 is 17.5. The van der Waals surface area contributed by atoms with Gasteiger partial charge in [-0.3, -0.25) is 4.57 Å². The molecule has 3 N–H and O–H groups in total. The van der Waals surface area contributed by atoms with Crippen LogP contribution in [0.4, 0.5) is 0 Å². The molecular formula is C20H22NO5P. The van der Waals surface area contributed by atoms with Crippen molar-refractivity contribution in [2.45, 2.75) is 30.3 Å². The Morgan fingerprint density at radius 3 is 2.41 bits per heavy atom. The number of nitrogens with one attached hydrogen (secondary N) is 1. The smallest absolute Gasteiger partial charge is 0.335 e. The lowest BCUT2D eigenvalue weighted by Crippen LogP contribution is -2.55. The van der Waals surface area contributed by atoms with Crippen molar-refractivity contribution in [1.29, 1.82) is 0 Å². The SMILES string of the molecule is O=PC(O)(Cc1ccccc1)[C@@H]1CN[C@H](Cc2ccc(C(=O)O)cc2)CO1. The number of carboxylic acids is 1. The highest BCUT2D eigenvalue weighted by Crippen LogP contribution is 2.31. The molecule has 0 bridgehead atoms. The van der Waals surface area contributed by atoms with E-state index in [4.69, 9.17) is 9.84 Å². The molecule has 0 saturated carbocycles. The van der Waals surface area contributed by atoms with E-state index in [2.05, 4.69) is 5.32 Å². The molecule has 3 rings (SSSR count). The minimum Gasteiger partial charge on any atom is -0.478 e. The van der Waals surface area contributed by atoms with Gasteiger partial charge < -0.3 is 20.3 Å². The molecule has 0 amide bonds. The van der Waals surface area contributed by atoms with Crippen LogP contribution in [-0.4, -0.2) is 46.8 Å². The third-order valence-electron chi connectivity index (χ3n) is 4.75. The van der Waals surface area contributed by atoms with Crippen LogP contribution < -0.4 is 5.32 Å². The van der Waals surface area contributed by atoms with E-state index in [1.165, 1.54) is 0 Å². The number of hydrogen-bond acceptors (Lipinski definition) is 5. The summed E-state index contributed by atoms with van der Waals surface area (Å²) in [6.07, 6.45) is 0.341. The first-order valence-electron chi connectivity index (χ1n) is 8.78. The Labute approximate surface area is 159 Å². The maximum atomic E-state index is 11.7. The van der Waals surface area contributed by atoms with Crippen molar-refractivity contribution < 1.29 is 24.3 Å². The van der Waals surface area contributed by atoms with Crippen LogP contribution >= 0.6 is 8.46 Å². The highest BCUT2D eigenvalue weighted by Gasteiger charge is 2.41. The summed E-state index contributed by atoms with van der Waals surface area (Å²) in [6.45, 7) is 0.758. The Bertz CT molecular complexity index is 775. The molecule has 1 aliphatic rings. The topological polar surface area (TPSA) is 95.9 Å². The highest BCUT2D eigenvalue weighted by molar-refractivity contribution is 7.25. The first-order chi connectivity index (χ1) is 13.0. The van der Waals surface area contributed by atoms with E-state index in [-0.39, 0.29) is 26.5 Å². The molecule has 3 atom stereocenters. The summed E-state index contributed by atoms with van der Waals surface area (Å²) >= 11 is 0. The molecule has 1 saturated heterocycles. The molecule has 1 aliphatic heterocycles. The lowest BCUT2D eigenvalue weighted by atomic mass is 9.99. The maximum Gasteiger partial charge on any atom is 0.335 e. The fraction of sp³-hybridized carbons (Fsp3) is 0.350. The zero-order valence-corrected chi connectivity index (χ0v) is 15.6. The third kappa shape index (κ3) is 4.99. The third-order valence-corrected chi connectivity index (χ3v) is 5.52. The molecule has 2 aromatic carbocycles. The van der Waals surface area contributed by atoms with E-state index >= 15 is 0 Å². The van der Waals surface area contributed by atoms with Gasteiger partial charge in [0.15, 0.2) is 13.8 Å². The molecule has 1 heterocycles. The number of carbonyl (C=O) groups is 1. The zero-order valence-electron chi connectivity index (χ0n) is 14.7. The second-order valence-electron chi connectivity index (χ2n) is 6.77. The molecule has 0 spiro atoms. The quantitative estimate of drug-likeness (QED) is 0.632. The predicted octanol–water partition coefficient (Wildman–Crippen LogP) is 2.51. The van der Waals surface area contributed by atoms with E-state index in [0.717, 1.165) is 11.1 Å². The highest BCUT2D eigenvalue weighted by atomic mass is 31.1. The number of rotatable bonds is 7. The van der Waals surface area contributed by atoms with Crippen molar-refractivity contribution in [3.63, 3.8) is 0 Å². The monoisotopic (exact) mass is 387 g/mol. The molecular weight excluding hydrogens is 365 g/mol. The van der Waals surface area contributed by atoms with Gasteiger partial charge in [0.1, 0.15) is 6.10 Å². The van der Waals surface area contributed by atoms with Crippen molar-refractivity contribution in [3.8, 4) is 0 Å². The van der Waals surface area contributed by atoms with Gasteiger partial charge in [-0.2, -0.15) is 0 Å². The Morgan fingerprint density at radius 1 is 1.15 bits per heavy atom. The number of ether oxygens (including phenoxy) is 1. The first kappa shape index (κ1) is 19.6. The average molecular weight is 387 g/mol. The molecule has 6 nitrogen and oxygen atoms in total. The Morgan fingerprint density at radius 2 is 1.85 bits per heavy atom. The summed E-state index contributed by atoms with van der Waals surface area (Å²) in [5.41, 5.74) is 2.15. The van der Waals surface area contributed by atoms with E-state index in [0.29, 0.717) is 19.6 Å². The van der Waals surface area contributed by atoms with Crippen LogP contribution in [0.2, 0.25) is 0 Å². The molecule has 27 heavy (non-hydrogen) atoms. The Hall–Kier alpha value is -2.11. The van der Waals surface area contributed by atoms with Crippen molar-refractivity contribution in [1.82, 2.24) is 5.32 Å². The van der Waals surface area contributed by atoms with Crippen molar-refractivity contribution in [3.05, 3.63) is 71.3 Å². The van der Waals surface area contributed by atoms with Crippen LogP contribution in [0, 0.1) is 0 Å².